The largest absolute Gasteiger partial charge is 0.497 e. The van der Waals surface area contributed by atoms with Crippen molar-refractivity contribution in [3.8, 4) is 5.75 Å². The van der Waals surface area contributed by atoms with Crippen LogP contribution >= 0.6 is 0 Å². The number of ketones is 1. The number of benzene rings is 1. The molecule has 15 heavy (non-hydrogen) atoms. The normalized spacial score (nSPS) is 16.1. The Hall–Kier alpha value is -1.57. The van der Waals surface area contributed by atoms with Crippen LogP contribution in [0.3, 0.4) is 0 Å². The average molecular weight is 202 g/mol. The number of allylic oxidation sites excluding steroid dienone is 2. The molecule has 0 atom stereocenters. The standard InChI is InChI=1S/C13H14O2/c1-15-11-6-4-5-10(9-11)12-7-2-3-8-13(12)14/h4-7,9H,2-3,8H2,1H3. The van der Waals surface area contributed by atoms with E-state index in [-0.39, 0.29) is 5.78 Å². The van der Waals surface area contributed by atoms with Gasteiger partial charge in [0.15, 0.2) is 5.78 Å². The monoisotopic (exact) mass is 202 g/mol. The number of Topliss-reactive ketones (excluding diaryl/α,β-unsaturated/α-hetero) is 1. The van der Waals surface area contributed by atoms with Gasteiger partial charge in [-0.1, -0.05) is 18.2 Å². The van der Waals surface area contributed by atoms with Gasteiger partial charge in [-0.05, 0) is 30.5 Å². The fourth-order valence-corrected chi connectivity index (χ4v) is 1.83. The number of hydrogen-bond donors (Lipinski definition) is 0. The fourth-order valence-electron chi connectivity index (χ4n) is 1.83. The maximum atomic E-state index is 11.7. The zero-order valence-electron chi connectivity index (χ0n) is 8.82. The van der Waals surface area contributed by atoms with Crippen LogP contribution in [-0.2, 0) is 4.79 Å². The Kier molecular flexibility index (Phi) is 2.86. The molecule has 1 aliphatic rings. The molecule has 0 fully saturated rings. The minimum atomic E-state index is 0.245. The SMILES string of the molecule is COc1cccc(C2=CCCCC2=O)c1. The molecule has 0 saturated heterocycles. The lowest BCUT2D eigenvalue weighted by atomic mass is 9.92. The lowest BCUT2D eigenvalue weighted by Gasteiger charge is -2.12. The summed E-state index contributed by atoms with van der Waals surface area (Å²) in [6, 6.07) is 7.67. The van der Waals surface area contributed by atoms with Crippen molar-refractivity contribution in [2.45, 2.75) is 19.3 Å². The van der Waals surface area contributed by atoms with Gasteiger partial charge in [-0.25, -0.2) is 0 Å². The number of methoxy groups -OCH3 is 1. The minimum absolute atomic E-state index is 0.245. The Balaban J connectivity index is 2.35. The van der Waals surface area contributed by atoms with Gasteiger partial charge in [0.05, 0.1) is 7.11 Å². The van der Waals surface area contributed by atoms with Gasteiger partial charge in [-0.2, -0.15) is 0 Å². The molecule has 1 aliphatic carbocycles. The highest BCUT2D eigenvalue weighted by Gasteiger charge is 2.15. The molecular weight excluding hydrogens is 188 g/mol. The summed E-state index contributed by atoms with van der Waals surface area (Å²) < 4.78 is 5.14. The highest BCUT2D eigenvalue weighted by atomic mass is 16.5. The van der Waals surface area contributed by atoms with Crippen molar-refractivity contribution >= 4 is 11.4 Å². The van der Waals surface area contributed by atoms with Gasteiger partial charge >= 0.3 is 0 Å². The Bertz CT molecular complexity index is 405. The molecule has 1 aromatic carbocycles. The second-order valence-corrected chi connectivity index (χ2v) is 3.67. The lowest BCUT2D eigenvalue weighted by molar-refractivity contribution is -0.114. The van der Waals surface area contributed by atoms with Crippen LogP contribution in [0.5, 0.6) is 5.75 Å². The zero-order valence-corrected chi connectivity index (χ0v) is 8.82. The van der Waals surface area contributed by atoms with E-state index in [2.05, 4.69) is 0 Å². The van der Waals surface area contributed by atoms with E-state index in [0.717, 1.165) is 29.7 Å². The van der Waals surface area contributed by atoms with E-state index >= 15 is 0 Å². The molecule has 0 heterocycles. The van der Waals surface area contributed by atoms with Crippen LogP contribution in [0.1, 0.15) is 24.8 Å². The van der Waals surface area contributed by atoms with Gasteiger partial charge in [0.25, 0.3) is 0 Å². The molecule has 0 unspecified atom stereocenters. The van der Waals surface area contributed by atoms with E-state index in [1.165, 1.54) is 0 Å². The molecule has 2 heteroatoms. The van der Waals surface area contributed by atoms with Crippen LogP contribution < -0.4 is 4.74 Å². The van der Waals surface area contributed by atoms with Crippen LogP contribution in [0.25, 0.3) is 5.57 Å². The van der Waals surface area contributed by atoms with Gasteiger partial charge in [-0.3, -0.25) is 4.79 Å². The average Bonchev–Trinajstić information content (AvgIpc) is 2.30. The summed E-state index contributed by atoms with van der Waals surface area (Å²) in [7, 11) is 1.64. The first-order valence-corrected chi connectivity index (χ1v) is 5.19. The van der Waals surface area contributed by atoms with Crippen LogP contribution in [0.4, 0.5) is 0 Å². The highest BCUT2D eigenvalue weighted by molar-refractivity contribution is 6.21. The van der Waals surface area contributed by atoms with Crippen molar-refractivity contribution in [1.29, 1.82) is 0 Å². The molecule has 0 radical (unpaired) electrons. The molecule has 0 bridgehead atoms. The second-order valence-electron chi connectivity index (χ2n) is 3.67. The summed E-state index contributed by atoms with van der Waals surface area (Å²) in [5.41, 5.74) is 1.82. The van der Waals surface area contributed by atoms with Crippen molar-refractivity contribution in [3.05, 3.63) is 35.9 Å². The number of carbonyl (C=O) groups is 1. The summed E-state index contributed by atoms with van der Waals surface area (Å²) in [5, 5.41) is 0. The van der Waals surface area contributed by atoms with Crippen molar-refractivity contribution in [1.82, 2.24) is 0 Å². The summed E-state index contributed by atoms with van der Waals surface area (Å²) >= 11 is 0. The fraction of sp³-hybridized carbons (Fsp3) is 0.308. The minimum Gasteiger partial charge on any atom is -0.497 e. The smallest absolute Gasteiger partial charge is 0.163 e. The Morgan fingerprint density at radius 1 is 1.33 bits per heavy atom. The maximum absolute atomic E-state index is 11.7. The number of rotatable bonds is 2. The van der Waals surface area contributed by atoms with Crippen molar-refractivity contribution in [2.24, 2.45) is 0 Å². The third-order valence-corrected chi connectivity index (χ3v) is 2.64. The van der Waals surface area contributed by atoms with Crippen molar-refractivity contribution < 1.29 is 9.53 Å². The molecule has 2 rings (SSSR count). The Morgan fingerprint density at radius 3 is 2.93 bits per heavy atom. The summed E-state index contributed by atoms with van der Waals surface area (Å²) in [6.45, 7) is 0. The van der Waals surface area contributed by atoms with E-state index < -0.39 is 0 Å². The molecule has 78 valence electrons. The van der Waals surface area contributed by atoms with Crippen LogP contribution in [0.2, 0.25) is 0 Å². The lowest BCUT2D eigenvalue weighted by Crippen LogP contribution is -2.05. The molecular formula is C13H14O2. The van der Waals surface area contributed by atoms with E-state index in [9.17, 15) is 4.79 Å². The highest BCUT2D eigenvalue weighted by Crippen LogP contribution is 2.26. The third-order valence-electron chi connectivity index (χ3n) is 2.64. The maximum Gasteiger partial charge on any atom is 0.163 e. The Morgan fingerprint density at radius 2 is 2.20 bits per heavy atom. The molecule has 0 aliphatic heterocycles. The van der Waals surface area contributed by atoms with Crippen molar-refractivity contribution in [3.63, 3.8) is 0 Å². The van der Waals surface area contributed by atoms with E-state index in [1.807, 2.05) is 30.3 Å². The first-order chi connectivity index (χ1) is 7.31. The van der Waals surface area contributed by atoms with Gasteiger partial charge in [0.2, 0.25) is 0 Å². The summed E-state index contributed by atoms with van der Waals surface area (Å²) in [4.78, 5) is 11.7. The van der Waals surface area contributed by atoms with Crippen LogP contribution in [0, 0.1) is 0 Å². The topological polar surface area (TPSA) is 26.3 Å². The van der Waals surface area contributed by atoms with Crippen molar-refractivity contribution in [2.75, 3.05) is 7.11 Å². The quantitative estimate of drug-likeness (QED) is 0.737. The molecule has 0 aromatic heterocycles. The molecule has 0 N–H and O–H groups in total. The number of carbonyl (C=O) groups excluding carboxylic acids is 1. The molecule has 1 aromatic rings. The molecule has 0 spiro atoms. The van der Waals surface area contributed by atoms with Crippen LogP contribution in [-0.4, -0.2) is 12.9 Å². The van der Waals surface area contributed by atoms with Gasteiger partial charge in [0.1, 0.15) is 5.75 Å². The Labute approximate surface area is 89.6 Å². The zero-order chi connectivity index (χ0) is 10.7. The third kappa shape index (κ3) is 2.09. The van der Waals surface area contributed by atoms with Crippen LogP contribution in [0.15, 0.2) is 30.3 Å². The molecule has 2 nitrogen and oxygen atoms in total. The predicted molar refractivity (Wildman–Crippen MR) is 59.8 cm³/mol. The van der Waals surface area contributed by atoms with Gasteiger partial charge in [-0.15, -0.1) is 0 Å². The van der Waals surface area contributed by atoms with E-state index in [1.54, 1.807) is 7.11 Å². The molecule has 0 saturated carbocycles. The molecule has 0 amide bonds. The second kappa shape index (κ2) is 4.30. The van der Waals surface area contributed by atoms with E-state index in [4.69, 9.17) is 4.74 Å². The number of ether oxygens (including phenoxy) is 1. The van der Waals surface area contributed by atoms with Gasteiger partial charge in [0, 0.05) is 12.0 Å². The first kappa shape index (κ1) is 9.97. The number of hydrogen-bond acceptors (Lipinski definition) is 2. The summed E-state index contributed by atoms with van der Waals surface area (Å²) in [6.07, 6.45) is 4.67. The predicted octanol–water partition coefficient (Wildman–Crippen LogP) is 2.83. The van der Waals surface area contributed by atoms with E-state index in [0.29, 0.717) is 6.42 Å². The van der Waals surface area contributed by atoms with Gasteiger partial charge < -0.3 is 4.74 Å². The summed E-state index contributed by atoms with van der Waals surface area (Å²) in [5.74, 6) is 1.04. The first-order valence-electron chi connectivity index (χ1n) is 5.19.